The zero-order chi connectivity index (χ0) is 9.80. The van der Waals surface area contributed by atoms with Crippen LogP contribution in [-0.4, -0.2) is 16.1 Å². The Bertz CT molecular complexity index is 429. The topological polar surface area (TPSA) is 30.2 Å². The molecule has 0 N–H and O–H groups in total. The van der Waals surface area contributed by atoms with Crippen molar-refractivity contribution in [2.24, 2.45) is 5.10 Å². The molecular weight excluding hydrogens is 174 g/mol. The van der Waals surface area contributed by atoms with Crippen molar-refractivity contribution in [3.63, 3.8) is 0 Å². The maximum absolute atomic E-state index is 4.22. The van der Waals surface area contributed by atoms with E-state index in [9.17, 15) is 0 Å². The number of aromatic nitrogens is 2. The Balaban J connectivity index is 2.20. The average molecular weight is 185 g/mol. The Labute approximate surface area is 82.7 Å². The fourth-order valence-corrected chi connectivity index (χ4v) is 1.14. The summed E-state index contributed by atoms with van der Waals surface area (Å²) in [5, 5.41) is 8.27. The first kappa shape index (κ1) is 8.69. The van der Waals surface area contributed by atoms with Gasteiger partial charge in [0.25, 0.3) is 0 Å². The third-order valence-corrected chi connectivity index (χ3v) is 1.92. The molecule has 0 aliphatic rings. The Hall–Kier alpha value is -1.90. The van der Waals surface area contributed by atoms with Gasteiger partial charge in [0, 0.05) is 0 Å². The van der Waals surface area contributed by atoms with Crippen molar-refractivity contribution in [1.82, 2.24) is 9.89 Å². The van der Waals surface area contributed by atoms with E-state index >= 15 is 0 Å². The smallest absolute Gasteiger partial charge is 0.0615 e. The number of nitrogens with zero attached hydrogens (tertiary/aromatic N) is 3. The van der Waals surface area contributed by atoms with Gasteiger partial charge >= 0.3 is 0 Å². The van der Waals surface area contributed by atoms with Crippen LogP contribution in [0.3, 0.4) is 0 Å². The van der Waals surface area contributed by atoms with Crippen LogP contribution in [0.2, 0.25) is 0 Å². The molecule has 1 aromatic heterocycles. The third-order valence-electron chi connectivity index (χ3n) is 1.92. The second-order valence-corrected chi connectivity index (χ2v) is 3.02. The van der Waals surface area contributed by atoms with E-state index in [1.54, 1.807) is 17.2 Å². The summed E-state index contributed by atoms with van der Waals surface area (Å²) in [7, 11) is 0. The molecule has 0 saturated heterocycles. The SMILES string of the molecule is Cc1ccnn1/N=C/c1ccccc1. The molecule has 0 spiro atoms. The number of rotatable bonds is 2. The molecular formula is C11H11N3. The molecule has 2 rings (SSSR count). The molecule has 0 amide bonds. The summed E-state index contributed by atoms with van der Waals surface area (Å²) in [6, 6.07) is 11.9. The number of aryl methyl sites for hydroxylation is 1. The summed E-state index contributed by atoms with van der Waals surface area (Å²) >= 11 is 0. The van der Waals surface area contributed by atoms with E-state index < -0.39 is 0 Å². The Kier molecular flexibility index (Phi) is 2.40. The number of hydrogen-bond acceptors (Lipinski definition) is 2. The van der Waals surface area contributed by atoms with Crippen LogP contribution in [0.25, 0.3) is 0 Å². The first-order chi connectivity index (χ1) is 6.86. The predicted molar refractivity (Wildman–Crippen MR) is 56.4 cm³/mol. The van der Waals surface area contributed by atoms with E-state index in [2.05, 4.69) is 10.2 Å². The highest BCUT2D eigenvalue weighted by Crippen LogP contribution is 1.97. The minimum absolute atomic E-state index is 1.03. The van der Waals surface area contributed by atoms with Crippen molar-refractivity contribution in [2.75, 3.05) is 0 Å². The molecule has 0 fully saturated rings. The summed E-state index contributed by atoms with van der Waals surface area (Å²) in [6.07, 6.45) is 3.53. The average Bonchev–Trinajstić information content (AvgIpc) is 2.63. The molecule has 0 aliphatic carbocycles. The van der Waals surface area contributed by atoms with Crippen LogP contribution >= 0.6 is 0 Å². The van der Waals surface area contributed by atoms with E-state index in [0.29, 0.717) is 0 Å². The Morgan fingerprint density at radius 3 is 2.64 bits per heavy atom. The highest BCUT2D eigenvalue weighted by molar-refractivity contribution is 5.79. The lowest BCUT2D eigenvalue weighted by atomic mass is 10.2. The van der Waals surface area contributed by atoms with E-state index in [1.807, 2.05) is 43.3 Å². The fraction of sp³-hybridized carbons (Fsp3) is 0.0909. The van der Waals surface area contributed by atoms with Gasteiger partial charge in [-0.1, -0.05) is 30.3 Å². The van der Waals surface area contributed by atoms with Gasteiger partial charge in [0.2, 0.25) is 0 Å². The molecule has 3 heteroatoms. The predicted octanol–water partition coefficient (Wildman–Crippen LogP) is 2.07. The lowest BCUT2D eigenvalue weighted by Crippen LogP contribution is -1.94. The molecule has 0 unspecified atom stereocenters. The van der Waals surface area contributed by atoms with Crippen LogP contribution in [0.1, 0.15) is 11.3 Å². The first-order valence-corrected chi connectivity index (χ1v) is 4.46. The maximum atomic E-state index is 4.22. The Morgan fingerprint density at radius 1 is 1.21 bits per heavy atom. The lowest BCUT2D eigenvalue weighted by molar-refractivity contribution is 0.719. The molecule has 2 aromatic rings. The highest BCUT2D eigenvalue weighted by atomic mass is 15.5. The molecule has 70 valence electrons. The van der Waals surface area contributed by atoms with Crippen molar-refractivity contribution in [2.45, 2.75) is 6.92 Å². The van der Waals surface area contributed by atoms with Crippen LogP contribution in [-0.2, 0) is 0 Å². The Morgan fingerprint density at radius 2 is 2.00 bits per heavy atom. The van der Waals surface area contributed by atoms with Crippen molar-refractivity contribution in [1.29, 1.82) is 0 Å². The van der Waals surface area contributed by atoms with Crippen molar-refractivity contribution in [3.8, 4) is 0 Å². The molecule has 3 nitrogen and oxygen atoms in total. The first-order valence-electron chi connectivity index (χ1n) is 4.46. The van der Waals surface area contributed by atoms with Gasteiger partial charge in [0.15, 0.2) is 0 Å². The van der Waals surface area contributed by atoms with Gasteiger partial charge in [-0.15, -0.1) is 0 Å². The van der Waals surface area contributed by atoms with Gasteiger partial charge in [-0.05, 0) is 18.6 Å². The van der Waals surface area contributed by atoms with E-state index in [4.69, 9.17) is 0 Å². The molecule has 0 atom stereocenters. The van der Waals surface area contributed by atoms with Crippen LogP contribution in [0, 0.1) is 6.92 Å². The highest BCUT2D eigenvalue weighted by Gasteiger charge is 1.91. The molecule has 14 heavy (non-hydrogen) atoms. The second-order valence-electron chi connectivity index (χ2n) is 3.02. The summed E-state index contributed by atoms with van der Waals surface area (Å²) in [6.45, 7) is 1.97. The largest absolute Gasteiger partial charge is 0.159 e. The zero-order valence-corrected chi connectivity index (χ0v) is 7.96. The van der Waals surface area contributed by atoms with Crippen LogP contribution in [0.4, 0.5) is 0 Å². The molecule has 0 aliphatic heterocycles. The van der Waals surface area contributed by atoms with E-state index in [1.165, 1.54) is 0 Å². The molecule has 0 saturated carbocycles. The monoisotopic (exact) mass is 185 g/mol. The maximum Gasteiger partial charge on any atom is 0.0615 e. The molecule has 0 radical (unpaired) electrons. The zero-order valence-electron chi connectivity index (χ0n) is 7.96. The van der Waals surface area contributed by atoms with Gasteiger partial charge in [-0.25, -0.2) is 0 Å². The van der Waals surface area contributed by atoms with Gasteiger partial charge in [0.1, 0.15) is 0 Å². The number of benzene rings is 1. The summed E-state index contributed by atoms with van der Waals surface area (Å²) in [5.74, 6) is 0. The van der Waals surface area contributed by atoms with E-state index in [0.717, 1.165) is 11.3 Å². The van der Waals surface area contributed by atoms with Crippen LogP contribution in [0.5, 0.6) is 0 Å². The van der Waals surface area contributed by atoms with Crippen LogP contribution in [0.15, 0.2) is 47.7 Å². The second kappa shape index (κ2) is 3.87. The normalized spacial score (nSPS) is 10.9. The number of hydrogen-bond donors (Lipinski definition) is 0. The van der Waals surface area contributed by atoms with Gasteiger partial charge in [-0.3, -0.25) is 0 Å². The fourth-order valence-electron chi connectivity index (χ4n) is 1.14. The van der Waals surface area contributed by atoms with Gasteiger partial charge in [-0.2, -0.15) is 15.0 Å². The van der Waals surface area contributed by atoms with Crippen molar-refractivity contribution in [3.05, 3.63) is 53.9 Å². The summed E-state index contributed by atoms with van der Waals surface area (Å²) < 4.78 is 0. The summed E-state index contributed by atoms with van der Waals surface area (Å²) in [4.78, 5) is 1.60. The van der Waals surface area contributed by atoms with Crippen molar-refractivity contribution >= 4 is 6.21 Å². The van der Waals surface area contributed by atoms with Gasteiger partial charge < -0.3 is 0 Å². The third kappa shape index (κ3) is 1.88. The minimum atomic E-state index is 1.03. The summed E-state index contributed by atoms with van der Waals surface area (Å²) in [5.41, 5.74) is 2.10. The van der Waals surface area contributed by atoms with Crippen LogP contribution < -0.4 is 0 Å². The lowest BCUT2D eigenvalue weighted by Gasteiger charge is -1.94. The quantitative estimate of drug-likeness (QED) is 0.659. The minimum Gasteiger partial charge on any atom is -0.159 e. The van der Waals surface area contributed by atoms with E-state index in [-0.39, 0.29) is 0 Å². The standard InChI is InChI=1S/C11H11N3/c1-10-7-8-12-14(10)13-9-11-5-3-2-4-6-11/h2-9H,1H3/b13-9+. The molecule has 0 bridgehead atoms. The molecule has 1 aromatic carbocycles. The van der Waals surface area contributed by atoms with Gasteiger partial charge in [0.05, 0.1) is 18.1 Å². The van der Waals surface area contributed by atoms with Crippen molar-refractivity contribution < 1.29 is 0 Å². The molecule has 1 heterocycles.